The van der Waals surface area contributed by atoms with Gasteiger partial charge in [0.15, 0.2) is 11.8 Å². The molecule has 0 saturated carbocycles. The maximum Gasteiger partial charge on any atom is 0.437 e. The lowest BCUT2D eigenvalue weighted by Crippen LogP contribution is -2.35. The van der Waals surface area contributed by atoms with E-state index in [9.17, 15) is 9.59 Å². The van der Waals surface area contributed by atoms with E-state index in [0.717, 1.165) is 0 Å². The van der Waals surface area contributed by atoms with E-state index >= 15 is 4.39 Å². The molecule has 2 aromatic rings. The number of carbonyl (C=O) groups is 2. The number of hydrogen-bond acceptors (Lipinski definition) is 4. The van der Waals surface area contributed by atoms with Gasteiger partial charge in [-0.05, 0) is 24.6 Å². The van der Waals surface area contributed by atoms with Crippen molar-refractivity contribution in [2.75, 3.05) is 31.1 Å². The molecule has 3 rings (SSSR count). The monoisotopic (exact) mass is 413 g/mol. The summed E-state index contributed by atoms with van der Waals surface area (Å²) in [6.45, 7) is 1.89. The van der Waals surface area contributed by atoms with Gasteiger partial charge in [-0.15, -0.1) is 4.99 Å². The fourth-order valence-electron chi connectivity index (χ4n) is 3.32. The van der Waals surface area contributed by atoms with Gasteiger partial charge in [0, 0.05) is 37.3 Å². The van der Waals surface area contributed by atoms with E-state index in [1.165, 1.54) is 6.07 Å². The lowest BCUT2D eigenvalue weighted by molar-refractivity contribution is 0.0767. The first-order chi connectivity index (χ1) is 14.5. The smallest absolute Gasteiger partial charge is 0.437 e. The minimum absolute atomic E-state index is 0.0293. The Kier molecular flexibility index (Phi) is 6.84. The first kappa shape index (κ1) is 21.1. The number of carbonyl (C=O) groups excluding carboxylic acids is 2. The van der Waals surface area contributed by atoms with Crippen LogP contribution in [0.1, 0.15) is 22.3 Å². The fraction of sp³-hybridized carbons (Fsp3) is 0.286. The Balaban J connectivity index is 1.67. The Morgan fingerprint density at radius 2 is 1.77 bits per heavy atom. The molecule has 1 saturated heterocycles. The lowest BCUT2D eigenvalue weighted by atomic mass is 10.1. The van der Waals surface area contributed by atoms with Crippen molar-refractivity contribution in [3.63, 3.8) is 0 Å². The molecule has 9 heteroatoms. The van der Waals surface area contributed by atoms with Gasteiger partial charge in [0.2, 0.25) is 0 Å². The number of aliphatic imine (C=N–C) groups is 1. The van der Waals surface area contributed by atoms with Gasteiger partial charge in [0.25, 0.3) is 5.91 Å². The second-order valence-electron chi connectivity index (χ2n) is 6.84. The largest absolute Gasteiger partial charge is 0.443 e. The Morgan fingerprint density at radius 3 is 2.50 bits per heavy atom. The maximum atomic E-state index is 15.0. The van der Waals surface area contributed by atoms with Crippen LogP contribution < -0.4 is 16.4 Å². The second kappa shape index (κ2) is 9.73. The standard InChI is InChI=1S/C21H24FN5O3/c22-18-16(14-30-21(29)25-20(23)24)8-4-9-17(18)26-10-5-11-27(13-12-26)19(28)15-6-2-1-3-7-15/h1-4,6-9H,5,10-14H2,(H4,23,24,25,29). The predicted octanol–water partition coefficient (Wildman–Crippen LogP) is 2.09. The molecular weight excluding hydrogens is 389 g/mol. The van der Waals surface area contributed by atoms with Crippen LogP contribution in [0.4, 0.5) is 14.9 Å². The molecule has 0 aromatic heterocycles. The summed E-state index contributed by atoms with van der Waals surface area (Å²) in [5.74, 6) is -0.926. The molecule has 0 atom stereocenters. The molecule has 0 radical (unpaired) electrons. The van der Waals surface area contributed by atoms with Crippen molar-refractivity contribution in [1.82, 2.24) is 4.90 Å². The van der Waals surface area contributed by atoms with E-state index in [1.54, 1.807) is 29.2 Å². The van der Waals surface area contributed by atoms with E-state index < -0.39 is 17.9 Å². The van der Waals surface area contributed by atoms with Crippen molar-refractivity contribution in [1.29, 1.82) is 0 Å². The minimum atomic E-state index is -0.982. The van der Waals surface area contributed by atoms with Gasteiger partial charge < -0.3 is 26.0 Å². The lowest BCUT2D eigenvalue weighted by Gasteiger charge is -2.25. The molecule has 1 heterocycles. The zero-order valence-corrected chi connectivity index (χ0v) is 16.5. The number of ether oxygens (including phenoxy) is 1. The summed E-state index contributed by atoms with van der Waals surface area (Å²) in [5, 5.41) is 0. The number of rotatable bonds is 4. The number of nitrogens with two attached hydrogens (primary N) is 2. The highest BCUT2D eigenvalue weighted by Crippen LogP contribution is 2.24. The molecule has 0 spiro atoms. The maximum absolute atomic E-state index is 15.0. The predicted molar refractivity (Wildman–Crippen MR) is 112 cm³/mol. The topological polar surface area (TPSA) is 114 Å². The van der Waals surface area contributed by atoms with Crippen molar-refractivity contribution < 1.29 is 18.7 Å². The summed E-state index contributed by atoms with van der Waals surface area (Å²) in [4.78, 5) is 31.1. The number of halogens is 1. The summed E-state index contributed by atoms with van der Waals surface area (Å²) >= 11 is 0. The highest BCUT2D eigenvalue weighted by molar-refractivity contribution is 5.94. The Hall–Kier alpha value is -3.62. The fourth-order valence-corrected chi connectivity index (χ4v) is 3.32. The molecule has 0 aliphatic carbocycles. The van der Waals surface area contributed by atoms with Crippen molar-refractivity contribution in [2.24, 2.45) is 16.5 Å². The van der Waals surface area contributed by atoms with E-state index in [-0.39, 0.29) is 18.1 Å². The number of hydrogen-bond donors (Lipinski definition) is 2. The van der Waals surface area contributed by atoms with Crippen LogP contribution in [-0.4, -0.2) is 49.0 Å². The molecule has 0 unspecified atom stereocenters. The van der Waals surface area contributed by atoms with Crippen LogP contribution in [0.5, 0.6) is 0 Å². The van der Waals surface area contributed by atoms with Gasteiger partial charge in [-0.25, -0.2) is 9.18 Å². The molecule has 2 aromatic carbocycles. The average Bonchev–Trinajstić information content (AvgIpc) is 2.99. The molecule has 158 valence electrons. The van der Waals surface area contributed by atoms with Crippen LogP contribution in [-0.2, 0) is 11.3 Å². The molecule has 1 fully saturated rings. The molecule has 0 bridgehead atoms. The van der Waals surface area contributed by atoms with Crippen LogP contribution in [0.15, 0.2) is 53.5 Å². The number of guanidine groups is 1. The first-order valence-electron chi connectivity index (χ1n) is 9.58. The van der Waals surface area contributed by atoms with Gasteiger partial charge in [-0.3, -0.25) is 4.79 Å². The third-order valence-corrected chi connectivity index (χ3v) is 4.77. The molecule has 8 nitrogen and oxygen atoms in total. The Bertz CT molecular complexity index is 931. The van der Waals surface area contributed by atoms with E-state index in [1.807, 2.05) is 23.1 Å². The second-order valence-corrected chi connectivity index (χ2v) is 6.84. The van der Waals surface area contributed by atoms with E-state index in [2.05, 4.69) is 4.99 Å². The molecule has 30 heavy (non-hydrogen) atoms. The Morgan fingerprint density at radius 1 is 1.00 bits per heavy atom. The molecule has 2 amide bonds. The number of benzene rings is 2. The highest BCUT2D eigenvalue weighted by Gasteiger charge is 2.22. The summed E-state index contributed by atoms with van der Waals surface area (Å²) in [5.41, 5.74) is 11.5. The van der Waals surface area contributed by atoms with E-state index in [4.69, 9.17) is 16.2 Å². The summed E-state index contributed by atoms with van der Waals surface area (Å²) in [6.07, 6.45) is -0.272. The van der Waals surface area contributed by atoms with Crippen LogP contribution in [0.3, 0.4) is 0 Å². The quantitative estimate of drug-likeness (QED) is 0.586. The third kappa shape index (κ3) is 5.25. The molecular formula is C21H24FN5O3. The summed E-state index contributed by atoms with van der Waals surface area (Å²) < 4.78 is 19.9. The van der Waals surface area contributed by atoms with Crippen LogP contribution in [0, 0.1) is 5.82 Å². The molecule has 1 aliphatic heterocycles. The summed E-state index contributed by atoms with van der Waals surface area (Å²) in [6, 6.07) is 14.0. The molecule has 1 aliphatic rings. The van der Waals surface area contributed by atoms with Crippen LogP contribution in [0.2, 0.25) is 0 Å². The van der Waals surface area contributed by atoms with Crippen molar-refractivity contribution in [3.8, 4) is 0 Å². The van der Waals surface area contributed by atoms with Crippen LogP contribution >= 0.6 is 0 Å². The third-order valence-electron chi connectivity index (χ3n) is 4.77. The van der Waals surface area contributed by atoms with E-state index in [0.29, 0.717) is 43.9 Å². The summed E-state index contributed by atoms with van der Waals surface area (Å²) in [7, 11) is 0. The molecule has 4 N–H and O–H groups in total. The minimum Gasteiger partial charge on any atom is -0.443 e. The zero-order chi connectivity index (χ0) is 21.5. The van der Waals surface area contributed by atoms with Crippen molar-refractivity contribution >= 4 is 23.6 Å². The van der Waals surface area contributed by atoms with Gasteiger partial charge >= 0.3 is 6.09 Å². The van der Waals surface area contributed by atoms with Gasteiger partial charge in [-0.1, -0.05) is 30.3 Å². The number of nitrogens with zero attached hydrogens (tertiary/aromatic N) is 3. The Labute approximate surface area is 173 Å². The van der Waals surface area contributed by atoms with Gasteiger partial charge in [0.1, 0.15) is 6.61 Å². The van der Waals surface area contributed by atoms with Crippen LogP contribution in [0.25, 0.3) is 0 Å². The van der Waals surface area contributed by atoms with Gasteiger partial charge in [-0.2, -0.15) is 0 Å². The zero-order valence-electron chi connectivity index (χ0n) is 16.5. The van der Waals surface area contributed by atoms with Crippen molar-refractivity contribution in [2.45, 2.75) is 13.0 Å². The average molecular weight is 413 g/mol. The number of anilines is 1. The highest BCUT2D eigenvalue weighted by atomic mass is 19.1. The SMILES string of the molecule is NC(N)=NC(=O)OCc1cccc(N2CCCN(C(=O)c3ccccc3)CC2)c1F. The first-order valence-corrected chi connectivity index (χ1v) is 9.58. The van der Waals surface area contributed by atoms with Crippen molar-refractivity contribution in [3.05, 3.63) is 65.5 Å². The normalized spacial score (nSPS) is 14.0. The van der Waals surface area contributed by atoms with Gasteiger partial charge in [0.05, 0.1) is 5.69 Å². The number of amides is 2.